The van der Waals surface area contributed by atoms with Crippen LogP contribution in [0.15, 0.2) is 73.1 Å². The summed E-state index contributed by atoms with van der Waals surface area (Å²) in [6.45, 7) is 6.47. The van der Waals surface area contributed by atoms with Gasteiger partial charge in [0.2, 0.25) is 0 Å². The number of nitrogens with zero attached hydrogens (tertiary/aromatic N) is 6. The van der Waals surface area contributed by atoms with Gasteiger partial charge in [0.05, 0.1) is 65.0 Å². The molecule has 0 aliphatic carbocycles. The normalized spacial score (nSPS) is 16.7. The first-order valence-electron chi connectivity index (χ1n) is 13.4. The predicted molar refractivity (Wildman–Crippen MR) is 138 cm³/mol. The van der Waals surface area contributed by atoms with Gasteiger partial charge in [-0.2, -0.15) is 8.80 Å². The van der Waals surface area contributed by atoms with Crippen LogP contribution in [-0.4, -0.2) is 61.4 Å². The average Bonchev–Trinajstić information content (AvgIpc) is 3.51. The fraction of sp³-hybridized carbons (Fsp3) is 0.286. The van der Waals surface area contributed by atoms with E-state index in [1.165, 1.54) is 45.0 Å². The first-order valence-corrected chi connectivity index (χ1v) is 14.6. The molecule has 2 fully saturated rings. The molecule has 2 aliphatic heterocycles. The third-order valence-corrected chi connectivity index (χ3v) is 7.66. The lowest BCUT2D eigenvalue weighted by Crippen LogP contribution is -2.68. The highest BCUT2D eigenvalue weighted by Gasteiger charge is 2.36. The van der Waals surface area contributed by atoms with Gasteiger partial charge in [0.1, 0.15) is 11.0 Å². The van der Waals surface area contributed by atoms with Gasteiger partial charge < -0.3 is 9.47 Å². The molecule has 2 aliphatic rings. The molecule has 0 atom stereocenters. The third kappa shape index (κ3) is 4.50. The molecule has 41 heavy (non-hydrogen) atoms. The zero-order chi connectivity index (χ0) is 28.1. The summed E-state index contributed by atoms with van der Waals surface area (Å²) < 4.78 is 55.1. The van der Waals surface area contributed by atoms with Gasteiger partial charge in [0.25, 0.3) is 0 Å². The Morgan fingerprint density at radius 3 is 1.32 bits per heavy atom. The Kier molecular flexibility index (Phi) is 6.55. The molecule has 0 saturated carbocycles. The molecule has 6 aromatic rings. The molecule has 12 nitrogen and oxygen atoms in total. The number of aromatic nitrogens is 4. The number of hydrogen-bond acceptors (Lipinski definition) is 8. The molecule has 7 heterocycles. The molecule has 1 aromatic carbocycles. The summed E-state index contributed by atoms with van der Waals surface area (Å²) in [6, 6.07) is 21.8. The lowest BCUT2D eigenvalue weighted by atomic mass is 10.2. The summed E-state index contributed by atoms with van der Waals surface area (Å²) in [6.07, 6.45) is 4.39. The van der Waals surface area contributed by atoms with Crippen molar-refractivity contribution in [3.63, 3.8) is 0 Å². The second kappa shape index (κ2) is 10.3. The smallest absolute Gasteiger partial charge is 0.370 e. The number of fused-ring (bicyclic) bond motifs is 10. The summed E-state index contributed by atoms with van der Waals surface area (Å²) in [7, 11) is -4.94. The maximum Gasteiger partial charge on any atom is 0.370 e. The van der Waals surface area contributed by atoms with E-state index < -0.39 is 10.2 Å². The number of rotatable bonds is 2. The maximum atomic E-state index is 8.49. The minimum absolute atomic E-state index is 0.743. The van der Waals surface area contributed by atoms with Gasteiger partial charge in [0, 0.05) is 0 Å². The molecule has 212 valence electrons. The van der Waals surface area contributed by atoms with Crippen molar-refractivity contribution in [2.45, 2.75) is 0 Å². The number of imidazole rings is 2. The standard InChI is InChI=1S/C28H28N6O2.ClHO4/c1-2-8-22-21(7-1)33-25(23-9-3-5-11-31(23)27(33)29-13-17-35-18-14-29)26-24-10-4-6-12-32(24)28(34(22)26)30-15-19-36-20-16-30;2-1(3,4)5/h1-12H,13-20H2;(H,2,3,4,5)/q+2;/p-1. The molecular weight excluding hydrogens is 552 g/mol. The zero-order valence-corrected chi connectivity index (χ0v) is 22.9. The summed E-state index contributed by atoms with van der Waals surface area (Å²) >= 11 is 0. The number of anilines is 2. The third-order valence-electron chi connectivity index (χ3n) is 7.66. The van der Waals surface area contributed by atoms with E-state index in [0.29, 0.717) is 0 Å². The number of pyridine rings is 2. The number of ether oxygens (including phenoxy) is 2. The van der Waals surface area contributed by atoms with Gasteiger partial charge in [0.15, 0.2) is 22.1 Å². The summed E-state index contributed by atoms with van der Waals surface area (Å²) in [5.41, 5.74) is 7.23. The Bertz CT molecular complexity index is 1750. The van der Waals surface area contributed by atoms with Crippen molar-refractivity contribution in [2.75, 3.05) is 62.4 Å². The molecule has 0 amide bonds. The van der Waals surface area contributed by atoms with Crippen LogP contribution in [0.4, 0.5) is 11.9 Å². The molecule has 13 heteroatoms. The van der Waals surface area contributed by atoms with Crippen molar-refractivity contribution in [3.05, 3.63) is 73.1 Å². The van der Waals surface area contributed by atoms with Crippen molar-refractivity contribution >= 4 is 45.0 Å². The first-order chi connectivity index (χ1) is 19.9. The fourth-order valence-corrected chi connectivity index (χ4v) is 6.13. The second-order valence-electron chi connectivity index (χ2n) is 9.95. The van der Waals surface area contributed by atoms with Crippen molar-refractivity contribution in [2.24, 2.45) is 0 Å². The van der Waals surface area contributed by atoms with Gasteiger partial charge in [-0.15, -0.1) is 10.2 Å². The van der Waals surface area contributed by atoms with Crippen molar-refractivity contribution in [1.82, 2.24) is 8.80 Å². The van der Waals surface area contributed by atoms with E-state index in [9.17, 15) is 0 Å². The van der Waals surface area contributed by atoms with Crippen LogP contribution in [-0.2, 0) is 9.47 Å². The quantitative estimate of drug-likeness (QED) is 0.210. The minimum Gasteiger partial charge on any atom is -0.375 e. The average molecular weight is 580 g/mol. The lowest BCUT2D eigenvalue weighted by Gasteiger charge is -2.23. The minimum atomic E-state index is -4.94. The van der Waals surface area contributed by atoms with Crippen molar-refractivity contribution < 1.29 is 47.2 Å². The molecular formula is C28H28ClN6O6+. The highest BCUT2D eigenvalue weighted by molar-refractivity contribution is 6.04. The first kappa shape index (κ1) is 26.2. The molecule has 0 bridgehead atoms. The highest BCUT2D eigenvalue weighted by Crippen LogP contribution is 2.34. The van der Waals surface area contributed by atoms with E-state index in [1.807, 2.05) is 0 Å². The predicted octanol–water partition coefficient (Wildman–Crippen LogP) is -2.26. The van der Waals surface area contributed by atoms with Crippen LogP contribution in [0.25, 0.3) is 33.1 Å². The molecule has 0 radical (unpaired) electrons. The Balaban J connectivity index is 0.000000512. The van der Waals surface area contributed by atoms with E-state index in [-0.39, 0.29) is 0 Å². The van der Waals surface area contributed by atoms with Crippen molar-refractivity contribution in [3.8, 4) is 0 Å². The van der Waals surface area contributed by atoms with E-state index >= 15 is 0 Å². The van der Waals surface area contributed by atoms with Gasteiger partial charge in [-0.3, -0.25) is 9.80 Å². The van der Waals surface area contributed by atoms with Gasteiger partial charge in [-0.05, 0) is 36.4 Å². The van der Waals surface area contributed by atoms with Crippen LogP contribution in [0.3, 0.4) is 0 Å². The van der Waals surface area contributed by atoms with E-state index in [0.717, 1.165) is 52.6 Å². The molecule has 8 rings (SSSR count). The number of morpholine rings is 2. The number of halogens is 1. The number of benzene rings is 1. The number of hydrogen-bond donors (Lipinski definition) is 0. The van der Waals surface area contributed by atoms with E-state index in [2.05, 4.69) is 100 Å². The van der Waals surface area contributed by atoms with Crippen LogP contribution in [0.2, 0.25) is 0 Å². The molecule has 0 spiro atoms. The van der Waals surface area contributed by atoms with Crippen LogP contribution in [0.5, 0.6) is 0 Å². The van der Waals surface area contributed by atoms with Crippen LogP contribution >= 0.6 is 0 Å². The Labute approximate surface area is 236 Å². The summed E-state index contributed by atoms with van der Waals surface area (Å²) in [4.78, 5) is 4.93. The molecule has 0 unspecified atom stereocenters. The van der Waals surface area contributed by atoms with E-state index in [1.54, 1.807) is 0 Å². The summed E-state index contributed by atoms with van der Waals surface area (Å²) in [5.74, 6) is 2.37. The zero-order valence-electron chi connectivity index (χ0n) is 22.1. The van der Waals surface area contributed by atoms with Gasteiger partial charge in [-0.25, -0.2) is 27.4 Å². The summed E-state index contributed by atoms with van der Waals surface area (Å²) in [5, 5.41) is 0. The molecule has 2 saturated heterocycles. The van der Waals surface area contributed by atoms with Crippen LogP contribution in [0.1, 0.15) is 0 Å². The Hall–Kier alpha value is -3.75. The maximum absolute atomic E-state index is 8.49. The molecule has 0 N–H and O–H groups in total. The molecule has 5 aromatic heterocycles. The van der Waals surface area contributed by atoms with E-state index in [4.69, 9.17) is 28.1 Å². The lowest BCUT2D eigenvalue weighted by molar-refractivity contribution is -2.00. The highest BCUT2D eigenvalue weighted by atomic mass is 35.7. The second-order valence-corrected chi connectivity index (χ2v) is 10.7. The van der Waals surface area contributed by atoms with Crippen LogP contribution < -0.4 is 37.2 Å². The van der Waals surface area contributed by atoms with Crippen LogP contribution in [0, 0.1) is 10.2 Å². The Morgan fingerprint density at radius 1 is 0.561 bits per heavy atom. The largest absolute Gasteiger partial charge is 0.375 e. The monoisotopic (exact) mass is 579 g/mol. The fourth-order valence-electron chi connectivity index (χ4n) is 6.13. The van der Waals surface area contributed by atoms with Gasteiger partial charge >= 0.3 is 11.9 Å². The topological polar surface area (TPSA) is 134 Å². The van der Waals surface area contributed by atoms with Crippen molar-refractivity contribution in [1.29, 1.82) is 0 Å². The number of para-hydroxylation sites is 2. The Morgan fingerprint density at radius 2 is 0.927 bits per heavy atom. The van der Waals surface area contributed by atoms with Gasteiger partial charge in [-0.1, -0.05) is 24.3 Å². The SMILES string of the molecule is [O-][Cl+3]([O-])([O-])[O-].c1ccc2c(c1)n1c(N3CCOCC3)[n+]3ccccc3c1c1c3cccc[n+]3c(N3CCOCC3)n21.